The fraction of sp³-hybridized carbons (Fsp3) is 0.233. The molecular weight excluding hydrogens is 500 g/mol. The van der Waals surface area contributed by atoms with Gasteiger partial charge < -0.3 is 29.8 Å². The fourth-order valence-electron chi connectivity index (χ4n) is 5.35. The summed E-state index contributed by atoms with van der Waals surface area (Å²) in [5.41, 5.74) is 0.649. The Kier molecular flexibility index (Phi) is 6.30. The second kappa shape index (κ2) is 9.50. The van der Waals surface area contributed by atoms with E-state index < -0.39 is 17.1 Å². The van der Waals surface area contributed by atoms with E-state index in [0.717, 1.165) is 21.9 Å². The van der Waals surface area contributed by atoms with Crippen molar-refractivity contribution in [1.29, 1.82) is 0 Å². The summed E-state index contributed by atoms with van der Waals surface area (Å²) in [5.74, 6) is -1.60. The lowest BCUT2D eigenvalue weighted by Crippen LogP contribution is -2.38. The minimum Gasteiger partial charge on any atom is -0.507 e. The van der Waals surface area contributed by atoms with Crippen molar-refractivity contribution in [2.75, 3.05) is 14.2 Å². The van der Waals surface area contributed by atoms with Crippen molar-refractivity contribution in [2.45, 2.75) is 32.7 Å². The molecule has 0 spiro atoms. The highest BCUT2D eigenvalue weighted by Gasteiger charge is 2.55. The molecule has 0 fully saturated rings. The molecule has 1 aliphatic carbocycles. The number of nitrogens with one attached hydrogen (secondary N) is 1. The number of Topliss-reactive ketones (excluding diaryl/α,β-unsaturated/α-hetero) is 1. The largest absolute Gasteiger partial charge is 0.507 e. The Hall–Kier alpha value is -4.79. The average Bonchev–Trinajstić information content (AvgIpc) is 3.21. The first kappa shape index (κ1) is 25.8. The van der Waals surface area contributed by atoms with Gasteiger partial charge in [0.25, 0.3) is 5.91 Å². The summed E-state index contributed by atoms with van der Waals surface area (Å²) in [6.45, 7) is 5.29. The summed E-state index contributed by atoms with van der Waals surface area (Å²) in [5, 5.41) is 30.5. The molecule has 0 unspecified atom stereocenters. The molecule has 3 N–H and O–H groups in total. The van der Waals surface area contributed by atoms with Gasteiger partial charge >= 0.3 is 0 Å². The SMILES string of the molecule is CO/N=C(\C)C1=C(O)C=C2Oc3c(C(=O)NCc4c(C)ccc5ccccc45)c(OC)cc(O)c3[C@]2(C)C1=O. The zero-order valence-electron chi connectivity index (χ0n) is 22.2. The standard InChI is InChI=1S/C30H28N2O7/c1-15-10-11-17-8-6-7-9-18(17)19(15)14-31-29(36)25-22(37-4)12-21(34)26-27(25)39-23-13-20(33)24(16(2)32-38-5)28(35)30(23,26)3/h6-13,33-34H,14H2,1-5H3,(H,31,36)/b32-16+/t30-/m1/s1. The summed E-state index contributed by atoms with van der Waals surface area (Å²) < 4.78 is 11.5. The molecule has 3 aromatic rings. The Morgan fingerprint density at radius 2 is 1.90 bits per heavy atom. The summed E-state index contributed by atoms with van der Waals surface area (Å²) >= 11 is 0. The molecule has 200 valence electrons. The molecule has 1 amide bonds. The number of aliphatic hydroxyl groups is 1. The number of oxime groups is 1. The number of nitrogens with zero attached hydrogens (tertiary/aromatic N) is 1. The van der Waals surface area contributed by atoms with Crippen LogP contribution in [0.3, 0.4) is 0 Å². The Bertz CT molecular complexity index is 1650. The number of aryl methyl sites for hydroxylation is 1. The maximum atomic E-state index is 13.8. The van der Waals surface area contributed by atoms with E-state index in [1.54, 1.807) is 6.92 Å². The molecule has 0 saturated heterocycles. The normalized spacial score (nSPS) is 18.3. The van der Waals surface area contributed by atoms with Gasteiger partial charge in [-0.15, -0.1) is 0 Å². The predicted molar refractivity (Wildman–Crippen MR) is 145 cm³/mol. The van der Waals surface area contributed by atoms with Crippen LogP contribution in [-0.4, -0.2) is 41.8 Å². The first-order valence-corrected chi connectivity index (χ1v) is 12.3. The molecular formula is C30H28N2O7. The highest BCUT2D eigenvalue weighted by Crippen LogP contribution is 2.56. The molecule has 0 aromatic heterocycles. The molecule has 9 heteroatoms. The first-order chi connectivity index (χ1) is 18.6. The van der Waals surface area contributed by atoms with Gasteiger partial charge in [-0.2, -0.15) is 0 Å². The maximum absolute atomic E-state index is 13.8. The van der Waals surface area contributed by atoms with Crippen molar-refractivity contribution in [3.05, 3.63) is 87.9 Å². The number of carbonyl (C=O) groups excluding carboxylic acids is 2. The van der Waals surface area contributed by atoms with E-state index in [2.05, 4.69) is 10.5 Å². The predicted octanol–water partition coefficient (Wildman–Crippen LogP) is 4.74. The van der Waals surface area contributed by atoms with E-state index in [0.29, 0.717) is 0 Å². The molecule has 1 atom stereocenters. The highest BCUT2D eigenvalue weighted by molar-refractivity contribution is 6.27. The Morgan fingerprint density at radius 3 is 2.62 bits per heavy atom. The molecule has 1 aliphatic heterocycles. The van der Waals surface area contributed by atoms with Crippen LogP contribution < -0.4 is 14.8 Å². The number of phenols is 1. The van der Waals surface area contributed by atoms with Crippen molar-refractivity contribution in [3.63, 3.8) is 0 Å². The molecule has 1 heterocycles. The van der Waals surface area contributed by atoms with E-state index in [1.165, 1.54) is 33.3 Å². The van der Waals surface area contributed by atoms with Crippen LogP contribution in [0.2, 0.25) is 0 Å². The molecule has 9 nitrogen and oxygen atoms in total. The summed E-state index contributed by atoms with van der Waals surface area (Å²) in [6.07, 6.45) is 1.29. The zero-order valence-corrected chi connectivity index (χ0v) is 22.2. The van der Waals surface area contributed by atoms with Gasteiger partial charge in [0, 0.05) is 18.7 Å². The number of rotatable bonds is 6. The minimum absolute atomic E-state index is 0.0172. The second-order valence-electron chi connectivity index (χ2n) is 9.63. The van der Waals surface area contributed by atoms with E-state index >= 15 is 0 Å². The number of hydrogen-bond acceptors (Lipinski definition) is 8. The van der Waals surface area contributed by atoms with E-state index in [9.17, 15) is 19.8 Å². The maximum Gasteiger partial charge on any atom is 0.259 e. The number of fused-ring (bicyclic) bond motifs is 4. The number of allylic oxidation sites excluding steroid dienone is 3. The van der Waals surface area contributed by atoms with Crippen molar-refractivity contribution in [3.8, 4) is 17.2 Å². The summed E-state index contributed by atoms with van der Waals surface area (Å²) in [7, 11) is 2.70. The molecule has 39 heavy (non-hydrogen) atoms. The Balaban J connectivity index is 1.58. The van der Waals surface area contributed by atoms with Crippen LogP contribution >= 0.6 is 0 Å². The van der Waals surface area contributed by atoms with Crippen molar-refractivity contribution >= 4 is 28.2 Å². The third-order valence-electron chi connectivity index (χ3n) is 7.37. The smallest absolute Gasteiger partial charge is 0.259 e. The van der Waals surface area contributed by atoms with Gasteiger partial charge in [-0.25, -0.2) is 0 Å². The van der Waals surface area contributed by atoms with Gasteiger partial charge in [-0.1, -0.05) is 41.6 Å². The van der Waals surface area contributed by atoms with Gasteiger partial charge in [-0.3, -0.25) is 9.59 Å². The monoisotopic (exact) mass is 528 g/mol. The molecule has 0 saturated carbocycles. The number of carbonyl (C=O) groups is 2. The average molecular weight is 529 g/mol. The summed E-state index contributed by atoms with van der Waals surface area (Å²) in [4.78, 5) is 32.2. The second-order valence-corrected chi connectivity index (χ2v) is 9.63. The number of hydrogen-bond donors (Lipinski definition) is 3. The molecule has 5 rings (SSSR count). The Morgan fingerprint density at radius 1 is 1.15 bits per heavy atom. The molecule has 2 aliphatic rings. The minimum atomic E-state index is -1.53. The number of ketones is 1. The van der Waals surface area contributed by atoms with Crippen LogP contribution in [0.15, 0.2) is 70.8 Å². The number of ether oxygens (including phenoxy) is 2. The van der Waals surface area contributed by atoms with Gasteiger partial charge in [0.15, 0.2) is 11.5 Å². The van der Waals surface area contributed by atoms with Gasteiger partial charge in [0.2, 0.25) is 0 Å². The van der Waals surface area contributed by atoms with Gasteiger partial charge in [-0.05, 0) is 42.7 Å². The lowest BCUT2D eigenvalue weighted by Gasteiger charge is -2.28. The van der Waals surface area contributed by atoms with Crippen molar-refractivity contribution in [2.24, 2.45) is 5.16 Å². The zero-order chi connectivity index (χ0) is 28.1. The quantitative estimate of drug-likeness (QED) is 0.311. The van der Waals surface area contributed by atoms with Gasteiger partial charge in [0.1, 0.15) is 41.1 Å². The number of benzene rings is 3. The third-order valence-corrected chi connectivity index (χ3v) is 7.37. The topological polar surface area (TPSA) is 127 Å². The first-order valence-electron chi connectivity index (χ1n) is 12.3. The number of methoxy groups -OCH3 is 1. The lowest BCUT2D eigenvalue weighted by atomic mass is 9.71. The van der Waals surface area contributed by atoms with Crippen LogP contribution in [0.4, 0.5) is 0 Å². The Labute approximate surface area is 225 Å². The number of aliphatic hydroxyl groups excluding tert-OH is 1. The molecule has 0 bridgehead atoms. The highest BCUT2D eigenvalue weighted by atomic mass is 16.6. The van der Waals surface area contributed by atoms with Crippen LogP contribution in [0.5, 0.6) is 17.2 Å². The van der Waals surface area contributed by atoms with Gasteiger partial charge in [0.05, 0.1) is 24.0 Å². The fourth-order valence-corrected chi connectivity index (χ4v) is 5.35. The van der Waals surface area contributed by atoms with Crippen LogP contribution in [0, 0.1) is 6.92 Å². The lowest BCUT2D eigenvalue weighted by molar-refractivity contribution is -0.119. The third kappa shape index (κ3) is 3.89. The van der Waals surface area contributed by atoms with Crippen molar-refractivity contribution < 1.29 is 34.1 Å². The number of aromatic hydroxyl groups is 1. The van der Waals surface area contributed by atoms with E-state index in [4.69, 9.17) is 14.3 Å². The summed E-state index contributed by atoms with van der Waals surface area (Å²) in [6, 6.07) is 13.2. The van der Waals surface area contributed by atoms with E-state index in [1.807, 2.05) is 43.3 Å². The number of amides is 1. The molecule has 3 aromatic carbocycles. The van der Waals surface area contributed by atoms with Crippen molar-refractivity contribution in [1.82, 2.24) is 5.32 Å². The van der Waals surface area contributed by atoms with Crippen LogP contribution in [0.25, 0.3) is 10.8 Å². The van der Waals surface area contributed by atoms with Crippen LogP contribution in [-0.2, 0) is 21.6 Å². The van der Waals surface area contributed by atoms with E-state index in [-0.39, 0.29) is 57.7 Å². The molecule has 0 radical (unpaired) electrons. The number of phenolic OH excluding ortho intramolecular Hbond substituents is 1. The van der Waals surface area contributed by atoms with Crippen LogP contribution in [0.1, 0.15) is 40.9 Å².